The SMILES string of the molecule is C=CC1(C(=O)O)COCOC1.C[C@@H](NC(=O)OC(C)(C)C)c1ccc2ccc(/C=C/C3(C(=O)O)COCOC3)cc2n1.C[C@@H](NC(=O)OC(C)(C)C)c1ccc2ccc(Br)cc2n1. The molecular formula is C46H57BrN4O12. The van der Waals surface area contributed by atoms with E-state index in [1.54, 1.807) is 32.9 Å². The van der Waals surface area contributed by atoms with Gasteiger partial charge in [-0.25, -0.2) is 9.59 Å². The Morgan fingerprint density at radius 1 is 0.698 bits per heavy atom. The van der Waals surface area contributed by atoms with Crippen molar-refractivity contribution < 1.29 is 57.8 Å². The molecule has 6 rings (SSSR count). The number of nitrogens with one attached hydrogen (secondary N) is 2. The zero-order chi connectivity index (χ0) is 46.6. The molecule has 2 aromatic heterocycles. The van der Waals surface area contributed by atoms with Crippen molar-refractivity contribution in [1.29, 1.82) is 0 Å². The molecule has 2 fully saturated rings. The molecule has 63 heavy (non-hydrogen) atoms. The number of pyridine rings is 2. The number of aliphatic carboxylic acids is 2. The third kappa shape index (κ3) is 15.1. The molecule has 2 atom stereocenters. The molecule has 0 aliphatic carbocycles. The number of nitrogens with zero attached hydrogens (tertiary/aromatic N) is 2. The fraction of sp³-hybridized carbons (Fsp3) is 0.435. The number of hydrogen-bond acceptors (Lipinski definition) is 12. The minimum absolute atomic E-state index is 0.0582. The summed E-state index contributed by atoms with van der Waals surface area (Å²) in [5, 5.41) is 25.9. The molecule has 340 valence electrons. The summed E-state index contributed by atoms with van der Waals surface area (Å²) in [4.78, 5) is 55.5. The number of carbonyl (C=O) groups is 4. The number of carboxylic acid groups (broad SMARTS) is 2. The highest BCUT2D eigenvalue weighted by molar-refractivity contribution is 9.10. The Morgan fingerprint density at radius 3 is 1.52 bits per heavy atom. The molecule has 17 heteroatoms. The lowest BCUT2D eigenvalue weighted by Gasteiger charge is -2.29. The predicted octanol–water partition coefficient (Wildman–Crippen LogP) is 8.74. The van der Waals surface area contributed by atoms with Crippen LogP contribution in [-0.4, -0.2) is 95.5 Å². The summed E-state index contributed by atoms with van der Waals surface area (Å²) < 4.78 is 31.7. The molecule has 0 radical (unpaired) electrons. The number of halogens is 1. The van der Waals surface area contributed by atoms with E-state index in [0.717, 1.165) is 37.5 Å². The lowest BCUT2D eigenvalue weighted by molar-refractivity contribution is -0.181. The fourth-order valence-electron chi connectivity index (χ4n) is 5.93. The summed E-state index contributed by atoms with van der Waals surface area (Å²) >= 11 is 3.44. The van der Waals surface area contributed by atoms with Gasteiger partial charge >= 0.3 is 24.1 Å². The summed E-state index contributed by atoms with van der Waals surface area (Å²) in [7, 11) is 0. The Hall–Kier alpha value is -5.46. The van der Waals surface area contributed by atoms with E-state index in [1.807, 2.05) is 95.3 Å². The maximum Gasteiger partial charge on any atom is 0.408 e. The van der Waals surface area contributed by atoms with Crippen LogP contribution in [0.2, 0.25) is 0 Å². The minimum Gasteiger partial charge on any atom is -0.480 e. The van der Waals surface area contributed by atoms with Crippen molar-refractivity contribution in [3.63, 3.8) is 0 Å². The van der Waals surface area contributed by atoms with Crippen LogP contribution >= 0.6 is 15.9 Å². The second kappa shape index (κ2) is 21.8. The van der Waals surface area contributed by atoms with Gasteiger partial charge in [0, 0.05) is 15.2 Å². The Bertz CT molecular complexity index is 2280. The van der Waals surface area contributed by atoms with Gasteiger partial charge in [-0.2, -0.15) is 0 Å². The summed E-state index contributed by atoms with van der Waals surface area (Å²) in [5.41, 5.74) is 0.567. The highest BCUT2D eigenvalue weighted by Crippen LogP contribution is 2.28. The highest BCUT2D eigenvalue weighted by Gasteiger charge is 2.40. The Labute approximate surface area is 375 Å². The van der Waals surface area contributed by atoms with Gasteiger partial charge in [0.05, 0.1) is 60.9 Å². The molecule has 2 aromatic carbocycles. The Morgan fingerprint density at radius 2 is 1.11 bits per heavy atom. The van der Waals surface area contributed by atoms with Crippen molar-refractivity contribution >= 4 is 67.9 Å². The van der Waals surface area contributed by atoms with Crippen LogP contribution in [-0.2, 0) is 38.0 Å². The van der Waals surface area contributed by atoms with Crippen LogP contribution in [0.3, 0.4) is 0 Å². The van der Waals surface area contributed by atoms with E-state index in [9.17, 15) is 24.3 Å². The molecule has 0 unspecified atom stereocenters. The topological polar surface area (TPSA) is 214 Å². The lowest BCUT2D eigenvalue weighted by Crippen LogP contribution is -2.42. The van der Waals surface area contributed by atoms with Crippen LogP contribution in [0.15, 0.2) is 83.9 Å². The van der Waals surface area contributed by atoms with Crippen LogP contribution in [0.25, 0.3) is 27.9 Å². The standard InChI is InChI=1S/C23H28N2O6.C16H19BrN2O2.C7H10O4/c1-15(24-21(28)31-22(2,3)4)18-8-7-17-6-5-16(11-19(17)25-18)9-10-23(20(26)27)12-29-14-30-13-23;1-10(18-15(20)21-16(2,3)4)13-8-6-11-5-7-12(17)9-14(11)19-13;1-2-7(6(8)9)3-10-5-11-4-7/h5-11,15H,12-14H2,1-4H3,(H,24,28)(H,26,27);5-10H,1-4H3,(H,18,20);2H,1,3-5H2,(H,8,9)/b10-9+;;/t15-;10-;/m11./s1. The number of amides is 2. The number of alkyl carbamates (subject to hydrolysis) is 2. The third-order valence-corrected chi connectivity index (χ3v) is 9.87. The zero-order valence-electron chi connectivity index (χ0n) is 36.9. The summed E-state index contributed by atoms with van der Waals surface area (Å²) in [6, 6.07) is 18.8. The zero-order valence-corrected chi connectivity index (χ0v) is 38.4. The van der Waals surface area contributed by atoms with Gasteiger partial charge in [0.25, 0.3) is 0 Å². The first-order chi connectivity index (χ1) is 29.5. The van der Waals surface area contributed by atoms with E-state index in [2.05, 4.69) is 43.1 Å². The number of hydrogen-bond donors (Lipinski definition) is 4. The molecular weight excluding hydrogens is 880 g/mol. The van der Waals surface area contributed by atoms with E-state index in [0.29, 0.717) is 5.69 Å². The average Bonchev–Trinajstić information content (AvgIpc) is 3.21. The quantitative estimate of drug-likeness (QED) is 0.116. The maximum absolute atomic E-state index is 12.0. The number of benzene rings is 2. The monoisotopic (exact) mass is 936 g/mol. The van der Waals surface area contributed by atoms with Crippen molar-refractivity contribution in [2.24, 2.45) is 10.8 Å². The molecule has 16 nitrogen and oxygen atoms in total. The van der Waals surface area contributed by atoms with Crippen molar-refractivity contribution in [3.05, 3.63) is 101 Å². The van der Waals surface area contributed by atoms with Gasteiger partial charge < -0.3 is 49.3 Å². The average molecular weight is 938 g/mol. The van der Waals surface area contributed by atoms with E-state index in [-0.39, 0.29) is 52.1 Å². The smallest absolute Gasteiger partial charge is 0.408 e. The van der Waals surface area contributed by atoms with Gasteiger partial charge in [-0.15, -0.1) is 6.58 Å². The largest absolute Gasteiger partial charge is 0.480 e. The van der Waals surface area contributed by atoms with Crippen LogP contribution in [0.5, 0.6) is 0 Å². The second-order valence-corrected chi connectivity index (χ2v) is 18.0. The first-order valence-electron chi connectivity index (χ1n) is 20.1. The molecule has 4 N–H and O–H groups in total. The highest BCUT2D eigenvalue weighted by atomic mass is 79.9. The Kier molecular flexibility index (Phi) is 17.3. The van der Waals surface area contributed by atoms with Gasteiger partial charge in [-0.05, 0) is 91.3 Å². The van der Waals surface area contributed by atoms with Gasteiger partial charge in [-0.3, -0.25) is 19.6 Å². The van der Waals surface area contributed by atoms with Crippen molar-refractivity contribution in [3.8, 4) is 0 Å². The Balaban J connectivity index is 0.000000233. The molecule has 0 bridgehead atoms. The van der Waals surface area contributed by atoms with Gasteiger partial charge in [0.15, 0.2) is 0 Å². The van der Waals surface area contributed by atoms with E-state index >= 15 is 0 Å². The number of carbonyl (C=O) groups excluding carboxylic acids is 2. The number of rotatable bonds is 9. The second-order valence-electron chi connectivity index (χ2n) is 17.1. The summed E-state index contributed by atoms with van der Waals surface area (Å²) in [6.45, 7) is 18.8. The number of carboxylic acids is 2. The molecule has 0 spiro atoms. The minimum atomic E-state index is -1.21. The van der Waals surface area contributed by atoms with E-state index in [4.69, 9.17) is 33.5 Å². The third-order valence-electron chi connectivity index (χ3n) is 9.38. The first-order valence-corrected chi connectivity index (χ1v) is 20.9. The molecule has 4 heterocycles. The molecule has 2 aliphatic rings. The van der Waals surface area contributed by atoms with Crippen LogP contribution in [0, 0.1) is 10.8 Å². The maximum atomic E-state index is 12.0. The first kappa shape index (κ1) is 50.2. The normalized spacial score (nSPS) is 16.8. The van der Waals surface area contributed by atoms with Gasteiger partial charge in [0.1, 0.15) is 35.6 Å². The lowest BCUT2D eigenvalue weighted by atomic mass is 9.88. The van der Waals surface area contributed by atoms with Crippen molar-refractivity contribution in [2.45, 2.75) is 78.7 Å². The summed E-state index contributed by atoms with van der Waals surface area (Å²) in [6.07, 6.45) is 3.75. The van der Waals surface area contributed by atoms with Gasteiger partial charge in [-0.1, -0.05) is 64.5 Å². The van der Waals surface area contributed by atoms with Gasteiger partial charge in [0.2, 0.25) is 0 Å². The molecule has 2 amide bonds. The number of ether oxygens (including phenoxy) is 6. The number of fused-ring (bicyclic) bond motifs is 2. The van der Waals surface area contributed by atoms with Crippen molar-refractivity contribution in [2.75, 3.05) is 40.0 Å². The van der Waals surface area contributed by atoms with E-state index in [1.165, 1.54) is 6.08 Å². The fourth-order valence-corrected chi connectivity index (χ4v) is 6.28. The molecule has 2 aliphatic heterocycles. The van der Waals surface area contributed by atoms with Crippen molar-refractivity contribution in [1.82, 2.24) is 20.6 Å². The molecule has 0 saturated carbocycles. The predicted molar refractivity (Wildman–Crippen MR) is 240 cm³/mol. The van der Waals surface area contributed by atoms with Crippen LogP contribution in [0.1, 0.15) is 84.4 Å². The van der Waals surface area contributed by atoms with Crippen LogP contribution < -0.4 is 10.6 Å². The van der Waals surface area contributed by atoms with E-state index < -0.39 is 46.2 Å². The van der Waals surface area contributed by atoms with Crippen LogP contribution in [0.4, 0.5) is 9.59 Å². The number of aromatic nitrogens is 2. The summed E-state index contributed by atoms with van der Waals surface area (Å²) in [5.74, 6) is -1.95. The molecule has 4 aromatic rings. The molecule has 2 saturated heterocycles.